The van der Waals surface area contributed by atoms with Gasteiger partial charge in [-0.25, -0.2) is 5.53 Å². The molecule has 2 aromatic rings. The van der Waals surface area contributed by atoms with Crippen molar-refractivity contribution in [2.45, 2.75) is 20.3 Å². The largest absolute Gasteiger partial charge is 0.494 e. The lowest BCUT2D eigenvalue weighted by Crippen LogP contribution is -2.21. The summed E-state index contributed by atoms with van der Waals surface area (Å²) in [6.07, 6.45) is 7.19. The molecule has 1 heterocycles. The van der Waals surface area contributed by atoms with E-state index >= 15 is 0 Å². The van der Waals surface area contributed by atoms with Crippen molar-refractivity contribution in [2.75, 3.05) is 0 Å². The molecule has 0 saturated heterocycles. The van der Waals surface area contributed by atoms with Crippen molar-refractivity contribution in [3.05, 3.63) is 47.5 Å². The van der Waals surface area contributed by atoms with Crippen LogP contribution in [-0.4, -0.2) is 20.6 Å². The Hall–Kier alpha value is -3.15. The number of fused-ring (bicyclic) bond motifs is 1. The van der Waals surface area contributed by atoms with Crippen molar-refractivity contribution in [1.82, 2.24) is 4.57 Å². The Balaban J connectivity index is 2.15. The Morgan fingerprint density at radius 1 is 1.20 bits per heavy atom. The van der Waals surface area contributed by atoms with Crippen LogP contribution < -0.4 is 0 Å². The smallest absolute Gasteiger partial charge is 0.206 e. The van der Waals surface area contributed by atoms with Gasteiger partial charge in [-0.2, -0.15) is 5.11 Å². The van der Waals surface area contributed by atoms with Crippen molar-refractivity contribution in [3.8, 4) is 17.4 Å². The molecule has 0 aliphatic heterocycles. The maximum atomic E-state index is 12.2. The predicted molar refractivity (Wildman–Crippen MR) is 95.4 cm³/mol. The Morgan fingerprint density at radius 2 is 1.80 bits per heavy atom. The lowest BCUT2D eigenvalue weighted by molar-refractivity contribution is -0.123. The summed E-state index contributed by atoms with van der Waals surface area (Å²) >= 11 is 0. The highest BCUT2D eigenvalue weighted by molar-refractivity contribution is 5.92. The lowest BCUT2D eigenvalue weighted by Gasteiger charge is -2.18. The number of carbonyl (C=O) groups excluding carboxylic acids is 1. The SMILES string of the molecule is CCC(=O)C1(C)C=Cc2c(c(O)n(-c3cccc(N=N)c3)c2O)C=C1. The van der Waals surface area contributed by atoms with Crippen LogP contribution in [0.5, 0.6) is 11.8 Å². The summed E-state index contributed by atoms with van der Waals surface area (Å²) in [5, 5.41) is 24.6. The number of hydrogen-bond donors (Lipinski definition) is 3. The van der Waals surface area contributed by atoms with Crippen LogP contribution in [0.4, 0.5) is 5.69 Å². The molecular weight excluding hydrogens is 318 g/mol. The summed E-state index contributed by atoms with van der Waals surface area (Å²) in [7, 11) is 0. The minimum Gasteiger partial charge on any atom is -0.494 e. The highest BCUT2D eigenvalue weighted by Gasteiger charge is 2.30. The normalized spacial score (nSPS) is 14.8. The molecule has 0 fully saturated rings. The van der Waals surface area contributed by atoms with Gasteiger partial charge < -0.3 is 10.2 Å². The highest BCUT2D eigenvalue weighted by Crippen LogP contribution is 2.42. The number of allylic oxidation sites excluding steroid dienone is 2. The van der Waals surface area contributed by atoms with Crippen LogP contribution >= 0.6 is 0 Å². The van der Waals surface area contributed by atoms with Gasteiger partial charge in [0.25, 0.3) is 0 Å². The van der Waals surface area contributed by atoms with Gasteiger partial charge >= 0.3 is 0 Å². The molecule has 1 aromatic carbocycles. The van der Waals surface area contributed by atoms with E-state index in [0.29, 0.717) is 28.9 Å². The molecule has 0 spiro atoms. The molecule has 0 radical (unpaired) electrons. The molecule has 3 N–H and O–H groups in total. The maximum absolute atomic E-state index is 12.2. The Bertz CT molecular complexity index is 885. The zero-order chi connectivity index (χ0) is 18.2. The fourth-order valence-corrected chi connectivity index (χ4v) is 2.99. The monoisotopic (exact) mass is 337 g/mol. The van der Waals surface area contributed by atoms with Crippen LogP contribution in [0.2, 0.25) is 0 Å². The molecule has 1 aliphatic rings. The molecule has 6 nitrogen and oxygen atoms in total. The number of aromatic nitrogens is 1. The summed E-state index contributed by atoms with van der Waals surface area (Å²) in [4.78, 5) is 12.2. The van der Waals surface area contributed by atoms with E-state index in [9.17, 15) is 15.0 Å². The van der Waals surface area contributed by atoms with E-state index in [1.54, 1.807) is 62.4 Å². The van der Waals surface area contributed by atoms with Crippen LogP contribution in [0.3, 0.4) is 0 Å². The Kier molecular flexibility index (Phi) is 4.04. The van der Waals surface area contributed by atoms with E-state index in [2.05, 4.69) is 5.11 Å². The van der Waals surface area contributed by atoms with Crippen molar-refractivity contribution in [1.29, 1.82) is 5.53 Å². The predicted octanol–water partition coefficient (Wildman–Crippen LogP) is 4.58. The number of Topliss-reactive ketones (excluding diaryl/α,β-unsaturated/α-hetero) is 1. The van der Waals surface area contributed by atoms with Crippen molar-refractivity contribution >= 4 is 23.6 Å². The minimum absolute atomic E-state index is 0.0572. The van der Waals surface area contributed by atoms with Gasteiger partial charge in [-0.1, -0.05) is 37.3 Å². The highest BCUT2D eigenvalue weighted by atomic mass is 16.3. The number of nitrogens with zero attached hydrogens (tertiary/aromatic N) is 2. The third kappa shape index (κ3) is 2.65. The number of carbonyl (C=O) groups is 1. The van der Waals surface area contributed by atoms with Gasteiger partial charge in [0.2, 0.25) is 11.8 Å². The molecule has 3 rings (SSSR count). The van der Waals surface area contributed by atoms with E-state index in [1.807, 2.05) is 0 Å². The third-order valence-corrected chi connectivity index (χ3v) is 4.53. The molecule has 0 saturated carbocycles. The first-order valence-corrected chi connectivity index (χ1v) is 7.97. The fraction of sp³-hybridized carbons (Fsp3) is 0.211. The molecule has 1 aromatic heterocycles. The number of ketones is 1. The van der Waals surface area contributed by atoms with Crippen LogP contribution in [0.15, 0.2) is 41.5 Å². The Morgan fingerprint density at radius 3 is 2.32 bits per heavy atom. The standard InChI is InChI=1S/C19H19N3O3/c1-3-16(23)19(2)9-7-14-15(8-10-19)18(25)22(17(14)24)13-6-4-5-12(11-13)21-20/h4-11,20,24-25H,3H2,1-2H3. The molecule has 1 aliphatic carbocycles. The second-order valence-electron chi connectivity index (χ2n) is 6.17. The number of rotatable bonds is 4. The van der Waals surface area contributed by atoms with Crippen molar-refractivity contribution in [3.63, 3.8) is 0 Å². The third-order valence-electron chi connectivity index (χ3n) is 4.53. The quantitative estimate of drug-likeness (QED) is 0.712. The molecule has 25 heavy (non-hydrogen) atoms. The van der Waals surface area contributed by atoms with E-state index in [0.717, 1.165) is 0 Å². The molecule has 6 heteroatoms. The second kappa shape index (κ2) is 6.05. The van der Waals surface area contributed by atoms with Gasteiger partial charge in [-0.15, -0.1) is 0 Å². The van der Waals surface area contributed by atoms with Gasteiger partial charge in [-0.05, 0) is 25.1 Å². The number of benzene rings is 1. The van der Waals surface area contributed by atoms with Gasteiger partial charge in [0.1, 0.15) is 5.78 Å². The van der Waals surface area contributed by atoms with E-state index in [1.165, 1.54) is 4.57 Å². The van der Waals surface area contributed by atoms with Gasteiger partial charge in [0.15, 0.2) is 0 Å². The first-order chi connectivity index (χ1) is 11.9. The second-order valence-corrected chi connectivity index (χ2v) is 6.17. The summed E-state index contributed by atoms with van der Waals surface area (Å²) < 4.78 is 1.29. The van der Waals surface area contributed by atoms with Gasteiger partial charge in [0.05, 0.1) is 16.8 Å². The Labute approximate surface area is 145 Å². The van der Waals surface area contributed by atoms with Gasteiger partial charge in [-0.3, -0.25) is 9.36 Å². The maximum Gasteiger partial charge on any atom is 0.206 e. The van der Waals surface area contributed by atoms with Crippen LogP contribution in [-0.2, 0) is 4.79 Å². The molecule has 0 amide bonds. The molecular formula is C19H19N3O3. The number of hydrogen-bond acceptors (Lipinski definition) is 5. The van der Waals surface area contributed by atoms with Crippen LogP contribution in [0.1, 0.15) is 31.4 Å². The molecule has 0 bridgehead atoms. The number of nitrogens with one attached hydrogen (secondary N) is 1. The summed E-state index contributed by atoms with van der Waals surface area (Å²) in [5.41, 5.74) is 8.12. The summed E-state index contributed by atoms with van der Waals surface area (Å²) in [6.45, 7) is 3.61. The van der Waals surface area contributed by atoms with Crippen molar-refractivity contribution in [2.24, 2.45) is 10.5 Å². The van der Waals surface area contributed by atoms with Crippen molar-refractivity contribution < 1.29 is 15.0 Å². The summed E-state index contributed by atoms with van der Waals surface area (Å²) in [6, 6.07) is 6.63. The number of aromatic hydroxyl groups is 2. The first-order valence-electron chi connectivity index (χ1n) is 7.97. The topological polar surface area (TPSA) is 98.7 Å². The summed E-state index contributed by atoms with van der Waals surface area (Å²) in [5.74, 6) is -0.214. The lowest BCUT2D eigenvalue weighted by atomic mass is 9.84. The van der Waals surface area contributed by atoms with Crippen LogP contribution in [0.25, 0.3) is 17.8 Å². The van der Waals surface area contributed by atoms with Crippen LogP contribution in [0, 0.1) is 10.9 Å². The molecule has 0 unspecified atom stereocenters. The first kappa shape index (κ1) is 16.7. The fourth-order valence-electron chi connectivity index (χ4n) is 2.99. The average molecular weight is 337 g/mol. The zero-order valence-corrected chi connectivity index (χ0v) is 14.0. The molecule has 128 valence electrons. The van der Waals surface area contributed by atoms with E-state index in [4.69, 9.17) is 5.53 Å². The zero-order valence-electron chi connectivity index (χ0n) is 14.0. The van der Waals surface area contributed by atoms with E-state index < -0.39 is 5.41 Å². The van der Waals surface area contributed by atoms with E-state index in [-0.39, 0.29) is 17.5 Å². The average Bonchev–Trinajstić information content (AvgIpc) is 2.75. The van der Waals surface area contributed by atoms with Gasteiger partial charge in [0, 0.05) is 17.5 Å². The molecule has 0 atom stereocenters. The minimum atomic E-state index is -0.769.